The Hall–Kier alpha value is -1.60. The minimum absolute atomic E-state index is 0.517. The largest absolute Gasteiger partial charge is 0.222 e. The van der Waals surface area contributed by atoms with E-state index in [1.54, 1.807) is 10.7 Å². The molecule has 0 aliphatic heterocycles. The van der Waals surface area contributed by atoms with Crippen molar-refractivity contribution in [3.8, 4) is 11.8 Å². The molecule has 4 heteroatoms. The fourth-order valence-corrected chi connectivity index (χ4v) is 1.57. The van der Waals surface area contributed by atoms with Crippen molar-refractivity contribution in [2.75, 3.05) is 0 Å². The fraction of sp³-hybridized carbons (Fsp3) is 0. The highest BCUT2D eigenvalue weighted by Crippen LogP contribution is 2.14. The Kier molecular flexibility index (Phi) is 2.33. The van der Waals surface area contributed by atoms with Gasteiger partial charge in [0.15, 0.2) is 0 Å². The lowest BCUT2D eigenvalue weighted by atomic mass is 10.3. The summed E-state index contributed by atoms with van der Waals surface area (Å²) in [5.41, 5.74) is 1.40. The number of rotatable bonds is 1. The maximum atomic E-state index is 8.86. The van der Waals surface area contributed by atoms with Crippen molar-refractivity contribution >= 4 is 15.9 Å². The number of nitriles is 1. The van der Waals surface area contributed by atoms with Crippen molar-refractivity contribution in [2.24, 2.45) is 0 Å². The zero-order valence-corrected chi connectivity index (χ0v) is 8.77. The second-order valence-corrected chi connectivity index (χ2v) is 3.52. The Bertz CT molecular complexity index is 482. The molecule has 0 unspecified atom stereocenters. The second-order valence-electron chi connectivity index (χ2n) is 2.71. The molecule has 0 saturated carbocycles. The summed E-state index contributed by atoms with van der Waals surface area (Å²) in [6.07, 6.45) is 0. The molecule has 2 rings (SSSR count). The van der Waals surface area contributed by atoms with Gasteiger partial charge in [-0.25, -0.2) is 4.68 Å². The molecule has 0 amide bonds. The number of hydrogen-bond acceptors (Lipinski definition) is 2. The Labute approximate surface area is 89.7 Å². The highest BCUT2D eigenvalue weighted by molar-refractivity contribution is 9.10. The molecule has 0 saturated heterocycles. The van der Waals surface area contributed by atoms with E-state index in [-0.39, 0.29) is 0 Å². The first kappa shape index (κ1) is 8.97. The van der Waals surface area contributed by atoms with Crippen LogP contribution in [0.2, 0.25) is 0 Å². The van der Waals surface area contributed by atoms with Gasteiger partial charge in [0.2, 0.25) is 0 Å². The molecule has 0 radical (unpaired) electrons. The van der Waals surface area contributed by atoms with Crippen molar-refractivity contribution in [3.63, 3.8) is 0 Å². The van der Waals surface area contributed by atoms with E-state index in [2.05, 4.69) is 27.1 Å². The van der Waals surface area contributed by atoms with Crippen molar-refractivity contribution in [1.29, 1.82) is 5.26 Å². The first-order chi connectivity index (χ1) is 6.81. The summed E-state index contributed by atoms with van der Waals surface area (Å²) in [7, 11) is 0. The summed E-state index contributed by atoms with van der Waals surface area (Å²) in [5.74, 6) is 0. The third kappa shape index (κ3) is 1.54. The lowest BCUT2D eigenvalue weighted by molar-refractivity contribution is 0.857. The molecule has 1 aromatic carbocycles. The summed E-state index contributed by atoms with van der Waals surface area (Å²) in [6, 6.07) is 13.3. The van der Waals surface area contributed by atoms with E-state index in [9.17, 15) is 0 Å². The summed E-state index contributed by atoms with van der Waals surface area (Å²) in [6.45, 7) is 0. The molecule has 0 aliphatic carbocycles. The molecular formula is C10H6BrN3. The number of hydrogen-bond donors (Lipinski definition) is 0. The molecule has 0 bridgehead atoms. The van der Waals surface area contributed by atoms with Gasteiger partial charge in [-0.3, -0.25) is 0 Å². The summed E-state index contributed by atoms with van der Waals surface area (Å²) < 4.78 is 2.27. The average molecular weight is 248 g/mol. The lowest BCUT2D eigenvalue weighted by Crippen LogP contribution is -1.98. The molecule has 2 aromatic rings. The lowest BCUT2D eigenvalue weighted by Gasteiger charge is -2.00. The average Bonchev–Trinajstić information content (AvgIpc) is 2.61. The maximum absolute atomic E-state index is 8.86. The summed E-state index contributed by atoms with van der Waals surface area (Å²) in [4.78, 5) is 0. The van der Waals surface area contributed by atoms with Crippen LogP contribution in [0.3, 0.4) is 0 Å². The van der Waals surface area contributed by atoms with Gasteiger partial charge in [0, 0.05) is 6.07 Å². The fourth-order valence-electron chi connectivity index (χ4n) is 1.20. The van der Waals surface area contributed by atoms with Crippen LogP contribution in [0, 0.1) is 11.3 Å². The van der Waals surface area contributed by atoms with Crippen LogP contribution in [0.1, 0.15) is 5.69 Å². The quantitative estimate of drug-likeness (QED) is 0.777. The third-order valence-electron chi connectivity index (χ3n) is 1.79. The molecular weight excluding hydrogens is 242 g/mol. The Morgan fingerprint density at radius 3 is 2.64 bits per heavy atom. The molecule has 0 atom stereocenters. The SMILES string of the molecule is N#Cc1cc(Br)nn1-c1ccccc1. The Morgan fingerprint density at radius 1 is 1.29 bits per heavy atom. The van der Waals surface area contributed by atoms with Crippen LogP contribution < -0.4 is 0 Å². The molecule has 0 fully saturated rings. The first-order valence-corrected chi connectivity index (χ1v) is 4.81. The van der Waals surface area contributed by atoms with Crippen LogP contribution in [0.4, 0.5) is 0 Å². The van der Waals surface area contributed by atoms with Gasteiger partial charge in [0.05, 0.1) is 5.69 Å². The number of aromatic nitrogens is 2. The predicted molar refractivity (Wildman–Crippen MR) is 56.0 cm³/mol. The van der Waals surface area contributed by atoms with E-state index in [4.69, 9.17) is 5.26 Å². The molecule has 1 aromatic heterocycles. The molecule has 0 spiro atoms. The van der Waals surface area contributed by atoms with Gasteiger partial charge in [-0.05, 0) is 28.1 Å². The Balaban J connectivity index is 2.58. The van der Waals surface area contributed by atoms with Gasteiger partial charge in [-0.1, -0.05) is 18.2 Å². The van der Waals surface area contributed by atoms with Gasteiger partial charge >= 0.3 is 0 Å². The zero-order chi connectivity index (χ0) is 9.97. The molecule has 3 nitrogen and oxygen atoms in total. The van der Waals surface area contributed by atoms with Crippen LogP contribution >= 0.6 is 15.9 Å². The van der Waals surface area contributed by atoms with Crippen LogP contribution in [0.25, 0.3) is 5.69 Å². The van der Waals surface area contributed by atoms with Gasteiger partial charge in [-0.15, -0.1) is 0 Å². The molecule has 14 heavy (non-hydrogen) atoms. The standard InChI is InChI=1S/C10H6BrN3/c11-10-6-9(7-12)14(13-10)8-4-2-1-3-5-8/h1-6H. The highest BCUT2D eigenvalue weighted by Gasteiger charge is 2.06. The van der Waals surface area contributed by atoms with Crippen molar-refractivity contribution < 1.29 is 0 Å². The van der Waals surface area contributed by atoms with Gasteiger partial charge < -0.3 is 0 Å². The minimum Gasteiger partial charge on any atom is -0.222 e. The minimum atomic E-state index is 0.517. The first-order valence-electron chi connectivity index (χ1n) is 4.02. The van der Waals surface area contributed by atoms with E-state index in [1.807, 2.05) is 30.3 Å². The van der Waals surface area contributed by atoms with Crippen LogP contribution in [0.15, 0.2) is 41.0 Å². The monoisotopic (exact) mass is 247 g/mol. The van der Waals surface area contributed by atoms with E-state index >= 15 is 0 Å². The molecule has 0 aliphatic rings. The van der Waals surface area contributed by atoms with E-state index < -0.39 is 0 Å². The van der Waals surface area contributed by atoms with Crippen LogP contribution in [-0.4, -0.2) is 9.78 Å². The maximum Gasteiger partial charge on any atom is 0.145 e. The number of benzene rings is 1. The van der Waals surface area contributed by atoms with Gasteiger partial charge in [0.1, 0.15) is 16.4 Å². The third-order valence-corrected chi connectivity index (χ3v) is 2.18. The highest BCUT2D eigenvalue weighted by atomic mass is 79.9. The van der Waals surface area contributed by atoms with E-state index in [0.29, 0.717) is 10.3 Å². The second kappa shape index (κ2) is 3.64. The van der Waals surface area contributed by atoms with Crippen molar-refractivity contribution in [3.05, 3.63) is 46.7 Å². The summed E-state index contributed by atoms with van der Waals surface area (Å²) in [5, 5.41) is 13.0. The van der Waals surface area contributed by atoms with E-state index in [0.717, 1.165) is 5.69 Å². The topological polar surface area (TPSA) is 41.6 Å². The van der Waals surface area contributed by atoms with E-state index in [1.165, 1.54) is 0 Å². The van der Waals surface area contributed by atoms with Crippen LogP contribution in [-0.2, 0) is 0 Å². The molecule has 68 valence electrons. The van der Waals surface area contributed by atoms with Gasteiger partial charge in [-0.2, -0.15) is 10.4 Å². The zero-order valence-electron chi connectivity index (χ0n) is 7.18. The Morgan fingerprint density at radius 2 is 2.00 bits per heavy atom. The molecule has 0 N–H and O–H groups in total. The van der Waals surface area contributed by atoms with Crippen molar-refractivity contribution in [1.82, 2.24) is 9.78 Å². The van der Waals surface area contributed by atoms with Crippen LogP contribution in [0.5, 0.6) is 0 Å². The van der Waals surface area contributed by atoms with Crippen molar-refractivity contribution in [2.45, 2.75) is 0 Å². The molecule has 1 heterocycles. The predicted octanol–water partition coefficient (Wildman–Crippen LogP) is 2.51. The smallest absolute Gasteiger partial charge is 0.145 e. The van der Waals surface area contributed by atoms with Gasteiger partial charge in [0.25, 0.3) is 0 Å². The normalized spacial score (nSPS) is 9.71. The summed E-state index contributed by atoms with van der Waals surface area (Å²) >= 11 is 3.24. The number of nitrogens with zero attached hydrogens (tertiary/aromatic N) is 3. The number of para-hydroxylation sites is 1. The number of halogens is 1.